The van der Waals surface area contributed by atoms with E-state index < -0.39 is 34.8 Å². The molecule has 0 saturated carbocycles. The highest BCUT2D eigenvalue weighted by Gasteiger charge is 2.27. The van der Waals surface area contributed by atoms with Gasteiger partial charge in [-0.2, -0.15) is 13.2 Å². The van der Waals surface area contributed by atoms with Crippen molar-refractivity contribution in [2.75, 3.05) is 5.75 Å². The molecule has 15 heavy (non-hydrogen) atoms. The average Bonchev–Trinajstić information content (AvgIpc) is 2.00. The van der Waals surface area contributed by atoms with E-state index in [0.717, 1.165) is 0 Å². The molecule has 0 amide bonds. The van der Waals surface area contributed by atoms with Gasteiger partial charge in [0, 0.05) is 12.5 Å². The van der Waals surface area contributed by atoms with Gasteiger partial charge >= 0.3 is 6.18 Å². The van der Waals surface area contributed by atoms with Crippen molar-refractivity contribution in [2.45, 2.75) is 45.3 Å². The Bertz CT molecular complexity index is 274. The first kappa shape index (κ1) is 14.7. The van der Waals surface area contributed by atoms with Gasteiger partial charge in [0.25, 0.3) is 0 Å². The first-order valence-corrected chi connectivity index (χ1v) is 6.38. The third-order valence-electron chi connectivity index (χ3n) is 1.87. The molecule has 1 atom stereocenters. The predicted octanol–water partition coefficient (Wildman–Crippen LogP) is 2.05. The van der Waals surface area contributed by atoms with E-state index in [2.05, 4.69) is 4.72 Å². The van der Waals surface area contributed by atoms with Crippen LogP contribution in [0.1, 0.15) is 33.1 Å². The fraction of sp³-hybridized carbons (Fsp3) is 1.00. The predicted molar refractivity (Wildman–Crippen MR) is 52.0 cm³/mol. The van der Waals surface area contributed by atoms with Crippen molar-refractivity contribution in [3.63, 3.8) is 0 Å². The zero-order valence-electron chi connectivity index (χ0n) is 8.76. The molecule has 92 valence electrons. The summed E-state index contributed by atoms with van der Waals surface area (Å²) < 4.78 is 59.9. The van der Waals surface area contributed by atoms with Crippen LogP contribution in [0.4, 0.5) is 13.2 Å². The van der Waals surface area contributed by atoms with E-state index in [9.17, 15) is 21.6 Å². The number of rotatable bonds is 6. The number of halogens is 3. The summed E-state index contributed by atoms with van der Waals surface area (Å²) in [6, 6.07) is -0.235. The Morgan fingerprint density at radius 1 is 1.33 bits per heavy atom. The molecule has 0 aromatic rings. The molecule has 0 saturated heterocycles. The third-order valence-corrected chi connectivity index (χ3v) is 3.45. The molecule has 0 aromatic heterocycles. The maximum atomic E-state index is 11.7. The second-order valence-corrected chi connectivity index (χ2v) is 5.34. The highest BCUT2D eigenvalue weighted by molar-refractivity contribution is 7.89. The quantitative estimate of drug-likeness (QED) is 0.780. The summed E-state index contributed by atoms with van der Waals surface area (Å²) in [6.45, 7) is 3.46. The van der Waals surface area contributed by atoms with E-state index in [-0.39, 0.29) is 6.04 Å². The minimum atomic E-state index is -4.29. The summed E-state index contributed by atoms with van der Waals surface area (Å²) in [5, 5.41) is 0. The summed E-state index contributed by atoms with van der Waals surface area (Å²) in [7, 11) is -3.57. The second kappa shape index (κ2) is 5.69. The Hall–Kier alpha value is -0.300. The largest absolute Gasteiger partial charge is 0.389 e. The Labute approximate surface area is 88.1 Å². The van der Waals surface area contributed by atoms with Gasteiger partial charge in [-0.1, -0.05) is 6.92 Å². The van der Waals surface area contributed by atoms with E-state index in [1.807, 2.05) is 0 Å². The highest BCUT2D eigenvalue weighted by atomic mass is 32.2. The van der Waals surface area contributed by atoms with Crippen LogP contribution < -0.4 is 4.72 Å². The Morgan fingerprint density at radius 3 is 2.27 bits per heavy atom. The molecular weight excluding hydrogens is 231 g/mol. The Kier molecular flexibility index (Phi) is 5.58. The minimum Gasteiger partial charge on any atom is -0.212 e. The molecule has 0 bridgehead atoms. The van der Waals surface area contributed by atoms with Crippen molar-refractivity contribution in [1.82, 2.24) is 4.72 Å². The van der Waals surface area contributed by atoms with Crippen LogP contribution in [-0.2, 0) is 10.0 Å². The van der Waals surface area contributed by atoms with Crippen LogP contribution in [0.3, 0.4) is 0 Å². The molecule has 0 rings (SSSR count). The standard InChI is InChI=1S/C8H16F3NO2S/c1-3-7(2)12-15(13,14)6-4-5-8(9,10)11/h7,12H,3-6H2,1-2H3. The van der Waals surface area contributed by atoms with Crippen molar-refractivity contribution in [1.29, 1.82) is 0 Å². The van der Waals surface area contributed by atoms with Crippen molar-refractivity contribution in [3.8, 4) is 0 Å². The van der Waals surface area contributed by atoms with E-state index in [0.29, 0.717) is 6.42 Å². The molecule has 0 aliphatic heterocycles. The number of hydrogen-bond acceptors (Lipinski definition) is 2. The Balaban J connectivity index is 3.96. The first-order valence-electron chi connectivity index (χ1n) is 4.73. The monoisotopic (exact) mass is 247 g/mol. The summed E-state index contributed by atoms with van der Waals surface area (Å²) in [5.74, 6) is -0.475. The SMILES string of the molecule is CCC(C)NS(=O)(=O)CCCC(F)(F)F. The second-order valence-electron chi connectivity index (χ2n) is 3.46. The molecule has 0 spiro atoms. The fourth-order valence-electron chi connectivity index (χ4n) is 0.911. The minimum absolute atomic E-state index is 0.235. The van der Waals surface area contributed by atoms with Gasteiger partial charge in [0.1, 0.15) is 0 Å². The summed E-state index contributed by atoms with van der Waals surface area (Å²) in [6.07, 6.45) is -5.13. The number of alkyl halides is 3. The maximum absolute atomic E-state index is 11.7. The first-order chi connectivity index (χ1) is 6.66. The van der Waals surface area contributed by atoms with Gasteiger partial charge in [0.15, 0.2) is 0 Å². The fourth-order valence-corrected chi connectivity index (χ4v) is 2.33. The summed E-state index contributed by atoms with van der Waals surface area (Å²) in [4.78, 5) is 0. The van der Waals surface area contributed by atoms with Gasteiger partial charge in [-0.25, -0.2) is 13.1 Å². The average molecular weight is 247 g/mol. The number of sulfonamides is 1. The van der Waals surface area contributed by atoms with Gasteiger partial charge in [-0.3, -0.25) is 0 Å². The molecule has 0 aliphatic rings. The highest BCUT2D eigenvalue weighted by Crippen LogP contribution is 2.21. The molecule has 3 nitrogen and oxygen atoms in total. The smallest absolute Gasteiger partial charge is 0.212 e. The molecule has 1 N–H and O–H groups in total. The number of nitrogens with one attached hydrogen (secondary N) is 1. The van der Waals surface area contributed by atoms with Crippen LogP contribution in [0.2, 0.25) is 0 Å². The van der Waals surface area contributed by atoms with Crippen LogP contribution in [0, 0.1) is 0 Å². The maximum Gasteiger partial charge on any atom is 0.389 e. The van der Waals surface area contributed by atoms with Crippen molar-refractivity contribution < 1.29 is 21.6 Å². The van der Waals surface area contributed by atoms with E-state index in [1.165, 1.54) is 0 Å². The lowest BCUT2D eigenvalue weighted by Gasteiger charge is -2.12. The van der Waals surface area contributed by atoms with Crippen LogP contribution >= 0.6 is 0 Å². The molecule has 7 heteroatoms. The van der Waals surface area contributed by atoms with Crippen LogP contribution in [-0.4, -0.2) is 26.4 Å². The Morgan fingerprint density at radius 2 is 1.87 bits per heavy atom. The zero-order valence-corrected chi connectivity index (χ0v) is 9.58. The molecule has 0 heterocycles. The lowest BCUT2D eigenvalue weighted by atomic mass is 10.3. The van der Waals surface area contributed by atoms with Crippen LogP contribution in [0.25, 0.3) is 0 Å². The number of hydrogen-bond donors (Lipinski definition) is 1. The zero-order chi connectivity index (χ0) is 12.1. The van der Waals surface area contributed by atoms with E-state index in [4.69, 9.17) is 0 Å². The normalized spacial score (nSPS) is 15.3. The van der Waals surface area contributed by atoms with Gasteiger partial charge in [0.05, 0.1) is 5.75 Å². The molecule has 0 fully saturated rings. The lowest BCUT2D eigenvalue weighted by Crippen LogP contribution is -2.34. The van der Waals surface area contributed by atoms with Gasteiger partial charge < -0.3 is 0 Å². The van der Waals surface area contributed by atoms with E-state index >= 15 is 0 Å². The topological polar surface area (TPSA) is 46.2 Å². The molecule has 0 aromatic carbocycles. The third kappa shape index (κ3) is 8.68. The van der Waals surface area contributed by atoms with Gasteiger partial charge in [-0.15, -0.1) is 0 Å². The summed E-state index contributed by atoms with van der Waals surface area (Å²) >= 11 is 0. The van der Waals surface area contributed by atoms with Crippen LogP contribution in [0.15, 0.2) is 0 Å². The van der Waals surface area contributed by atoms with Gasteiger partial charge in [-0.05, 0) is 19.8 Å². The lowest BCUT2D eigenvalue weighted by molar-refractivity contribution is -0.134. The summed E-state index contributed by atoms with van der Waals surface area (Å²) in [5.41, 5.74) is 0. The molecule has 1 unspecified atom stereocenters. The van der Waals surface area contributed by atoms with Crippen LogP contribution in [0.5, 0.6) is 0 Å². The molecular formula is C8H16F3NO2S. The van der Waals surface area contributed by atoms with E-state index in [1.54, 1.807) is 13.8 Å². The van der Waals surface area contributed by atoms with Crippen molar-refractivity contribution >= 4 is 10.0 Å². The molecule has 0 radical (unpaired) electrons. The van der Waals surface area contributed by atoms with Crippen molar-refractivity contribution in [2.24, 2.45) is 0 Å². The van der Waals surface area contributed by atoms with Gasteiger partial charge in [0.2, 0.25) is 10.0 Å². The molecule has 0 aliphatic carbocycles. The van der Waals surface area contributed by atoms with Crippen molar-refractivity contribution in [3.05, 3.63) is 0 Å².